The van der Waals surface area contributed by atoms with Crippen LogP contribution in [0, 0.1) is 19.8 Å². The van der Waals surface area contributed by atoms with Crippen LogP contribution < -0.4 is 4.90 Å². The lowest BCUT2D eigenvalue weighted by molar-refractivity contribution is -0.141. The maximum absolute atomic E-state index is 11.4. The van der Waals surface area contributed by atoms with Crippen LogP contribution in [0.3, 0.4) is 0 Å². The van der Waals surface area contributed by atoms with Crippen molar-refractivity contribution in [1.29, 1.82) is 0 Å². The standard InChI is InChI=1S/C18H20N6O2/c1-11-15-12(2)24(14-5-7-19-8-6-14)22-16(15)17(21-20-11)23-9-3-4-13(10-23)18(25)26/h5-8,13H,3-4,9-10H2,1-2H3,(H,25,26). The summed E-state index contributed by atoms with van der Waals surface area (Å²) < 4.78 is 1.87. The van der Waals surface area contributed by atoms with Gasteiger partial charge in [-0.15, -0.1) is 5.10 Å². The average molecular weight is 352 g/mol. The number of carboxylic acid groups (broad SMARTS) is 1. The molecule has 0 bridgehead atoms. The van der Waals surface area contributed by atoms with Crippen LogP contribution in [0.2, 0.25) is 0 Å². The highest BCUT2D eigenvalue weighted by atomic mass is 16.4. The molecule has 3 aromatic rings. The highest BCUT2D eigenvalue weighted by Crippen LogP contribution is 2.31. The zero-order valence-corrected chi connectivity index (χ0v) is 14.8. The third-order valence-corrected chi connectivity index (χ3v) is 4.96. The van der Waals surface area contributed by atoms with E-state index in [9.17, 15) is 9.90 Å². The van der Waals surface area contributed by atoms with Gasteiger partial charge in [-0.3, -0.25) is 9.78 Å². The fourth-order valence-electron chi connectivity index (χ4n) is 3.63. The molecule has 4 rings (SSSR count). The number of rotatable bonds is 3. The molecule has 1 saturated heterocycles. The van der Waals surface area contributed by atoms with Crippen LogP contribution in [-0.2, 0) is 4.79 Å². The smallest absolute Gasteiger partial charge is 0.308 e. The van der Waals surface area contributed by atoms with Gasteiger partial charge in [-0.25, -0.2) is 4.68 Å². The van der Waals surface area contributed by atoms with E-state index in [2.05, 4.69) is 15.2 Å². The number of carboxylic acids is 1. The van der Waals surface area contributed by atoms with Gasteiger partial charge in [0.1, 0.15) is 5.52 Å². The van der Waals surface area contributed by atoms with Crippen molar-refractivity contribution in [2.75, 3.05) is 18.0 Å². The fraction of sp³-hybridized carbons (Fsp3) is 0.389. The summed E-state index contributed by atoms with van der Waals surface area (Å²) >= 11 is 0. The summed E-state index contributed by atoms with van der Waals surface area (Å²) in [6, 6.07) is 3.80. The molecule has 134 valence electrons. The van der Waals surface area contributed by atoms with Crippen LogP contribution in [0.1, 0.15) is 24.2 Å². The van der Waals surface area contributed by atoms with Gasteiger partial charge in [0.15, 0.2) is 5.82 Å². The van der Waals surface area contributed by atoms with Crippen molar-refractivity contribution in [3.8, 4) is 5.69 Å². The van der Waals surface area contributed by atoms with Crippen LogP contribution in [0.4, 0.5) is 5.82 Å². The molecule has 0 aliphatic carbocycles. The quantitative estimate of drug-likeness (QED) is 0.771. The zero-order valence-electron chi connectivity index (χ0n) is 14.8. The number of pyridine rings is 1. The SMILES string of the molecule is Cc1nnc(N2CCCC(C(=O)O)C2)c2nn(-c3ccncc3)c(C)c12. The van der Waals surface area contributed by atoms with Crippen molar-refractivity contribution in [2.45, 2.75) is 26.7 Å². The highest BCUT2D eigenvalue weighted by molar-refractivity contribution is 5.92. The minimum absolute atomic E-state index is 0.384. The molecule has 0 saturated carbocycles. The molecule has 1 fully saturated rings. The molecular weight excluding hydrogens is 332 g/mol. The van der Waals surface area contributed by atoms with Crippen LogP contribution >= 0.6 is 0 Å². The molecule has 1 N–H and O–H groups in total. The largest absolute Gasteiger partial charge is 0.481 e. The van der Waals surface area contributed by atoms with Crippen molar-refractivity contribution in [3.63, 3.8) is 0 Å². The Hall–Kier alpha value is -3.03. The molecule has 3 aromatic heterocycles. The van der Waals surface area contributed by atoms with Crippen molar-refractivity contribution in [2.24, 2.45) is 5.92 Å². The Morgan fingerprint density at radius 1 is 1.23 bits per heavy atom. The van der Waals surface area contributed by atoms with Crippen molar-refractivity contribution in [1.82, 2.24) is 25.0 Å². The number of nitrogens with zero attached hydrogens (tertiary/aromatic N) is 6. The fourth-order valence-corrected chi connectivity index (χ4v) is 3.63. The van der Waals surface area contributed by atoms with Gasteiger partial charge in [0.2, 0.25) is 0 Å². The van der Waals surface area contributed by atoms with Crippen LogP contribution in [0.5, 0.6) is 0 Å². The lowest BCUT2D eigenvalue weighted by Gasteiger charge is -2.31. The van der Waals surface area contributed by atoms with Gasteiger partial charge in [0.25, 0.3) is 0 Å². The summed E-state index contributed by atoms with van der Waals surface area (Å²) in [6.45, 7) is 5.12. The number of fused-ring (bicyclic) bond motifs is 1. The minimum Gasteiger partial charge on any atom is -0.481 e. The van der Waals surface area contributed by atoms with E-state index in [0.29, 0.717) is 18.8 Å². The van der Waals surface area contributed by atoms with E-state index in [1.165, 1.54) is 0 Å². The van der Waals surface area contributed by atoms with E-state index < -0.39 is 5.97 Å². The Bertz CT molecular complexity index is 969. The van der Waals surface area contributed by atoms with Crippen molar-refractivity contribution in [3.05, 3.63) is 35.9 Å². The summed E-state index contributed by atoms with van der Waals surface area (Å²) in [7, 11) is 0. The normalized spacial score (nSPS) is 17.6. The van der Waals surface area contributed by atoms with Gasteiger partial charge in [0, 0.05) is 25.5 Å². The van der Waals surface area contributed by atoms with Gasteiger partial charge >= 0.3 is 5.97 Å². The lowest BCUT2D eigenvalue weighted by Crippen LogP contribution is -2.39. The summed E-state index contributed by atoms with van der Waals surface area (Å²) in [5, 5.41) is 23.8. The molecular formula is C18H20N6O2. The first kappa shape index (κ1) is 16.4. The number of aliphatic carboxylic acids is 1. The van der Waals surface area contributed by atoms with Crippen LogP contribution in [0.15, 0.2) is 24.5 Å². The Balaban J connectivity index is 1.84. The predicted octanol–water partition coefficient (Wildman–Crippen LogP) is 2.13. The number of carbonyl (C=O) groups is 1. The first-order valence-electron chi connectivity index (χ1n) is 8.67. The Kier molecular flexibility index (Phi) is 4.02. The molecule has 1 aliphatic heterocycles. The number of aryl methyl sites for hydroxylation is 2. The average Bonchev–Trinajstić information content (AvgIpc) is 3.01. The molecule has 1 atom stereocenters. The summed E-state index contributed by atoms with van der Waals surface area (Å²) in [5.74, 6) is -0.484. The van der Waals surface area contributed by atoms with Crippen LogP contribution in [-0.4, -0.2) is 49.1 Å². The minimum atomic E-state index is -0.760. The van der Waals surface area contributed by atoms with E-state index in [0.717, 1.165) is 40.9 Å². The topological polar surface area (TPSA) is 97.0 Å². The maximum atomic E-state index is 11.4. The van der Waals surface area contributed by atoms with E-state index in [1.54, 1.807) is 12.4 Å². The van der Waals surface area contributed by atoms with E-state index in [1.807, 2.05) is 35.6 Å². The molecule has 0 aromatic carbocycles. The Morgan fingerprint density at radius 3 is 2.73 bits per heavy atom. The lowest BCUT2D eigenvalue weighted by atomic mass is 9.98. The molecule has 1 aliphatic rings. The van der Waals surface area contributed by atoms with E-state index >= 15 is 0 Å². The van der Waals surface area contributed by atoms with E-state index in [4.69, 9.17) is 5.10 Å². The Morgan fingerprint density at radius 2 is 2.00 bits per heavy atom. The first-order chi connectivity index (χ1) is 12.6. The van der Waals surface area contributed by atoms with Gasteiger partial charge in [0.05, 0.1) is 28.4 Å². The molecule has 1 unspecified atom stereocenters. The van der Waals surface area contributed by atoms with Crippen molar-refractivity contribution < 1.29 is 9.90 Å². The molecule has 0 amide bonds. The third kappa shape index (κ3) is 2.67. The second-order valence-electron chi connectivity index (χ2n) is 6.66. The molecule has 26 heavy (non-hydrogen) atoms. The third-order valence-electron chi connectivity index (χ3n) is 4.96. The maximum Gasteiger partial charge on any atom is 0.308 e. The van der Waals surface area contributed by atoms with Gasteiger partial charge in [-0.1, -0.05) is 0 Å². The summed E-state index contributed by atoms with van der Waals surface area (Å²) in [5.41, 5.74) is 3.47. The molecule has 0 radical (unpaired) electrons. The van der Waals surface area contributed by atoms with E-state index in [-0.39, 0.29) is 5.92 Å². The van der Waals surface area contributed by atoms with Gasteiger partial charge in [-0.05, 0) is 38.8 Å². The van der Waals surface area contributed by atoms with Gasteiger partial charge < -0.3 is 10.0 Å². The second-order valence-corrected chi connectivity index (χ2v) is 6.66. The molecule has 8 nitrogen and oxygen atoms in total. The zero-order chi connectivity index (χ0) is 18.3. The second kappa shape index (κ2) is 6.36. The number of hydrogen-bond acceptors (Lipinski definition) is 6. The van der Waals surface area contributed by atoms with Crippen molar-refractivity contribution >= 4 is 22.7 Å². The molecule has 4 heterocycles. The molecule has 8 heteroatoms. The summed E-state index contributed by atoms with van der Waals surface area (Å²) in [4.78, 5) is 17.5. The number of anilines is 1. The number of piperidine rings is 1. The monoisotopic (exact) mass is 352 g/mol. The first-order valence-corrected chi connectivity index (χ1v) is 8.67. The highest BCUT2D eigenvalue weighted by Gasteiger charge is 2.29. The summed E-state index contributed by atoms with van der Waals surface area (Å²) in [6.07, 6.45) is 4.97. The number of hydrogen-bond donors (Lipinski definition) is 1. The molecule has 0 spiro atoms. The Labute approximate surface area is 150 Å². The van der Waals surface area contributed by atoms with Gasteiger partial charge in [-0.2, -0.15) is 10.2 Å². The van der Waals surface area contributed by atoms with Crippen LogP contribution in [0.25, 0.3) is 16.6 Å². The predicted molar refractivity (Wildman–Crippen MR) is 96.5 cm³/mol. The number of aromatic nitrogens is 5.